The molecule has 1 N–H and O–H groups in total. The smallest absolute Gasteiger partial charge is 0.187 e. The van der Waals surface area contributed by atoms with Gasteiger partial charge in [-0.05, 0) is 84.1 Å². The van der Waals surface area contributed by atoms with E-state index in [1.54, 1.807) is 0 Å². The van der Waals surface area contributed by atoms with Crippen LogP contribution in [0, 0.1) is 23.0 Å². The van der Waals surface area contributed by atoms with Gasteiger partial charge in [-0.2, -0.15) is 0 Å². The zero-order chi connectivity index (χ0) is 20.6. The maximum Gasteiger partial charge on any atom is 0.187 e. The molecule has 0 aliphatic heterocycles. The molecular formula is C26H32F2O. The second-order valence-corrected chi connectivity index (χ2v) is 9.55. The molecule has 3 aliphatic carbocycles. The molecule has 0 amide bonds. The van der Waals surface area contributed by atoms with E-state index < -0.39 is 17.4 Å². The van der Waals surface area contributed by atoms with Gasteiger partial charge in [0.2, 0.25) is 0 Å². The zero-order valence-electron chi connectivity index (χ0n) is 17.6. The lowest BCUT2D eigenvalue weighted by Gasteiger charge is -2.56. The molecule has 3 heteroatoms. The molecule has 5 rings (SSSR count). The SMILES string of the molecule is CCCCC(C)C12CCC(c3ccc(-c4cc(F)c(O)c(F)c4)cc3)(CC1)CC2. The van der Waals surface area contributed by atoms with Crippen LogP contribution in [0.25, 0.3) is 11.1 Å². The van der Waals surface area contributed by atoms with E-state index >= 15 is 0 Å². The lowest BCUT2D eigenvalue weighted by Crippen LogP contribution is -2.47. The van der Waals surface area contributed by atoms with Gasteiger partial charge in [-0.25, -0.2) is 8.78 Å². The summed E-state index contributed by atoms with van der Waals surface area (Å²) in [5.74, 6) is -1.93. The predicted molar refractivity (Wildman–Crippen MR) is 114 cm³/mol. The Bertz CT molecular complexity index is 823. The van der Waals surface area contributed by atoms with Crippen molar-refractivity contribution in [2.45, 2.75) is 77.0 Å². The fraction of sp³-hybridized carbons (Fsp3) is 0.538. The molecule has 2 bridgehead atoms. The number of aromatic hydroxyl groups is 1. The van der Waals surface area contributed by atoms with E-state index in [0.717, 1.165) is 11.5 Å². The number of halogens is 2. The van der Waals surface area contributed by atoms with E-state index in [1.165, 1.54) is 75.5 Å². The number of hydrogen-bond donors (Lipinski definition) is 1. The van der Waals surface area contributed by atoms with E-state index in [4.69, 9.17) is 0 Å². The fourth-order valence-corrected chi connectivity index (χ4v) is 5.95. The lowest BCUT2D eigenvalue weighted by molar-refractivity contribution is -0.00786. The minimum Gasteiger partial charge on any atom is -0.503 e. The normalized spacial score (nSPS) is 27.2. The number of benzene rings is 2. The molecular weight excluding hydrogens is 366 g/mol. The zero-order valence-corrected chi connectivity index (χ0v) is 17.6. The largest absolute Gasteiger partial charge is 0.503 e. The summed E-state index contributed by atoms with van der Waals surface area (Å²) in [5.41, 5.74) is 3.43. The number of fused-ring (bicyclic) bond motifs is 3. The van der Waals surface area contributed by atoms with E-state index in [2.05, 4.69) is 26.0 Å². The van der Waals surface area contributed by atoms with Crippen LogP contribution in [0.4, 0.5) is 8.78 Å². The van der Waals surface area contributed by atoms with Gasteiger partial charge in [-0.1, -0.05) is 57.4 Å². The summed E-state index contributed by atoms with van der Waals surface area (Å²) in [7, 11) is 0. The highest BCUT2D eigenvalue weighted by Crippen LogP contribution is 2.61. The molecule has 2 aromatic rings. The third-order valence-corrected chi connectivity index (χ3v) is 8.19. The van der Waals surface area contributed by atoms with Crippen LogP contribution >= 0.6 is 0 Å². The van der Waals surface area contributed by atoms with Crippen LogP contribution in [0.15, 0.2) is 36.4 Å². The minimum absolute atomic E-state index is 0.274. The Hall–Kier alpha value is -1.90. The van der Waals surface area contributed by atoms with Crippen molar-refractivity contribution in [1.29, 1.82) is 0 Å². The van der Waals surface area contributed by atoms with Crippen LogP contribution in [0.3, 0.4) is 0 Å². The van der Waals surface area contributed by atoms with E-state index in [-0.39, 0.29) is 5.41 Å². The van der Waals surface area contributed by atoms with E-state index in [0.29, 0.717) is 11.0 Å². The van der Waals surface area contributed by atoms with Crippen molar-refractivity contribution in [3.05, 3.63) is 53.6 Å². The second-order valence-electron chi connectivity index (χ2n) is 9.55. The van der Waals surface area contributed by atoms with Crippen molar-refractivity contribution in [3.8, 4) is 16.9 Å². The van der Waals surface area contributed by atoms with Crippen LogP contribution in [0.5, 0.6) is 5.75 Å². The Morgan fingerprint density at radius 3 is 1.97 bits per heavy atom. The molecule has 0 spiro atoms. The molecule has 1 nitrogen and oxygen atoms in total. The van der Waals surface area contributed by atoms with Crippen LogP contribution < -0.4 is 0 Å². The van der Waals surface area contributed by atoms with Gasteiger partial charge in [0, 0.05) is 0 Å². The van der Waals surface area contributed by atoms with Crippen LogP contribution in [0.1, 0.15) is 77.2 Å². The summed E-state index contributed by atoms with van der Waals surface area (Å²) in [6, 6.07) is 10.6. The van der Waals surface area contributed by atoms with Crippen LogP contribution in [0.2, 0.25) is 0 Å². The molecule has 0 saturated heterocycles. The molecule has 0 aromatic heterocycles. The molecule has 3 fully saturated rings. The highest BCUT2D eigenvalue weighted by molar-refractivity contribution is 5.65. The standard InChI is InChI=1S/C26H32F2O/c1-3-4-5-18(2)25-10-13-26(14-11-25,15-12-25)21-8-6-19(7-9-21)20-16-22(27)24(29)23(28)17-20/h6-9,16-18,29H,3-5,10-15H2,1-2H3. The number of unbranched alkanes of at least 4 members (excludes halogenated alkanes) is 1. The molecule has 3 saturated carbocycles. The van der Waals surface area contributed by atoms with Crippen LogP contribution in [-0.2, 0) is 5.41 Å². The topological polar surface area (TPSA) is 20.2 Å². The summed E-state index contributed by atoms with van der Waals surface area (Å²) < 4.78 is 27.4. The molecule has 0 radical (unpaired) electrons. The van der Waals surface area contributed by atoms with Crippen LogP contribution in [-0.4, -0.2) is 5.11 Å². The van der Waals surface area contributed by atoms with Gasteiger partial charge in [-0.3, -0.25) is 0 Å². The third-order valence-electron chi connectivity index (χ3n) is 8.19. The predicted octanol–water partition coefficient (Wildman–Crippen LogP) is 7.76. The average molecular weight is 399 g/mol. The lowest BCUT2D eigenvalue weighted by atomic mass is 9.48. The fourth-order valence-electron chi connectivity index (χ4n) is 5.95. The monoisotopic (exact) mass is 398 g/mol. The van der Waals surface area contributed by atoms with E-state index in [9.17, 15) is 13.9 Å². The van der Waals surface area contributed by atoms with Gasteiger partial charge in [0.1, 0.15) is 0 Å². The summed E-state index contributed by atoms with van der Waals surface area (Å²) in [6.07, 6.45) is 11.7. The maximum atomic E-state index is 13.7. The first-order chi connectivity index (χ1) is 13.9. The van der Waals surface area contributed by atoms with Gasteiger partial charge < -0.3 is 5.11 Å². The van der Waals surface area contributed by atoms with E-state index in [1.807, 2.05) is 12.1 Å². The number of phenols is 1. The Morgan fingerprint density at radius 2 is 1.45 bits per heavy atom. The Kier molecular flexibility index (Phi) is 5.44. The number of phenolic OH excluding ortho intramolecular Hbond substituents is 1. The summed E-state index contributed by atoms with van der Waals surface area (Å²) >= 11 is 0. The highest BCUT2D eigenvalue weighted by Gasteiger charge is 2.50. The molecule has 0 heterocycles. The van der Waals surface area contributed by atoms with Gasteiger partial charge in [0.05, 0.1) is 0 Å². The molecule has 29 heavy (non-hydrogen) atoms. The summed E-state index contributed by atoms with van der Waals surface area (Å²) in [6.45, 7) is 4.75. The Labute approximate surface area is 173 Å². The number of rotatable bonds is 6. The molecule has 3 aliphatic rings. The molecule has 1 atom stereocenters. The molecule has 2 aromatic carbocycles. The van der Waals surface area contributed by atoms with Crippen molar-refractivity contribution in [2.75, 3.05) is 0 Å². The maximum absolute atomic E-state index is 13.7. The molecule has 156 valence electrons. The quantitative estimate of drug-likeness (QED) is 0.527. The Balaban J connectivity index is 1.51. The molecule has 1 unspecified atom stereocenters. The van der Waals surface area contributed by atoms with Crippen molar-refractivity contribution in [1.82, 2.24) is 0 Å². The third kappa shape index (κ3) is 3.58. The van der Waals surface area contributed by atoms with Gasteiger partial charge in [0.25, 0.3) is 0 Å². The first-order valence-corrected chi connectivity index (χ1v) is 11.2. The summed E-state index contributed by atoms with van der Waals surface area (Å²) in [5, 5.41) is 9.32. The van der Waals surface area contributed by atoms with Gasteiger partial charge >= 0.3 is 0 Å². The van der Waals surface area contributed by atoms with Crippen molar-refractivity contribution >= 4 is 0 Å². The Morgan fingerprint density at radius 1 is 0.897 bits per heavy atom. The highest BCUT2D eigenvalue weighted by atomic mass is 19.1. The minimum atomic E-state index is -0.921. The first-order valence-electron chi connectivity index (χ1n) is 11.2. The summed E-state index contributed by atoms with van der Waals surface area (Å²) in [4.78, 5) is 0. The first kappa shape index (κ1) is 20.4. The average Bonchev–Trinajstić information content (AvgIpc) is 2.76. The number of hydrogen-bond acceptors (Lipinski definition) is 1. The van der Waals surface area contributed by atoms with Crippen molar-refractivity contribution in [3.63, 3.8) is 0 Å². The van der Waals surface area contributed by atoms with Crippen molar-refractivity contribution in [2.24, 2.45) is 11.3 Å². The van der Waals surface area contributed by atoms with Gasteiger partial charge in [-0.15, -0.1) is 0 Å². The van der Waals surface area contributed by atoms with Crippen molar-refractivity contribution < 1.29 is 13.9 Å². The van der Waals surface area contributed by atoms with Gasteiger partial charge in [0.15, 0.2) is 17.4 Å². The second kappa shape index (κ2) is 7.74.